The Balaban J connectivity index is 1.74. The molecule has 2 rings (SSSR count). The van der Waals surface area contributed by atoms with E-state index < -0.39 is 12.1 Å². The van der Waals surface area contributed by atoms with Crippen molar-refractivity contribution in [1.29, 1.82) is 0 Å². The Hall–Kier alpha value is -1.60. The van der Waals surface area contributed by atoms with Crippen molar-refractivity contribution in [3.05, 3.63) is 29.8 Å². The summed E-state index contributed by atoms with van der Waals surface area (Å²) < 4.78 is 36.8. The highest BCUT2D eigenvalue weighted by atomic mass is 19.4. The molecule has 0 unspecified atom stereocenters. The highest BCUT2D eigenvalue weighted by Gasteiger charge is 2.38. The van der Waals surface area contributed by atoms with E-state index in [0.717, 1.165) is 18.7 Å². The third kappa shape index (κ3) is 5.79. The van der Waals surface area contributed by atoms with Gasteiger partial charge in [0.1, 0.15) is 0 Å². The Morgan fingerprint density at radius 3 is 2.67 bits per heavy atom. The van der Waals surface area contributed by atoms with Crippen LogP contribution in [0.5, 0.6) is 0 Å². The molecule has 1 amide bonds. The molecule has 0 saturated heterocycles. The third-order valence-corrected chi connectivity index (χ3v) is 4.36. The summed E-state index contributed by atoms with van der Waals surface area (Å²) in [6.45, 7) is 2.30. The van der Waals surface area contributed by atoms with Crippen LogP contribution in [0.2, 0.25) is 0 Å². The molecule has 24 heavy (non-hydrogen) atoms. The van der Waals surface area contributed by atoms with Gasteiger partial charge in [-0.05, 0) is 37.6 Å². The monoisotopic (exact) mass is 343 g/mol. The van der Waals surface area contributed by atoms with E-state index >= 15 is 0 Å². The third-order valence-electron chi connectivity index (χ3n) is 4.36. The average molecular weight is 343 g/mol. The fourth-order valence-electron chi connectivity index (χ4n) is 2.98. The van der Waals surface area contributed by atoms with Crippen LogP contribution in [-0.4, -0.2) is 43.2 Å². The molecule has 1 aromatic carbocycles. The summed E-state index contributed by atoms with van der Waals surface area (Å²) >= 11 is 0. The summed E-state index contributed by atoms with van der Waals surface area (Å²) in [5.74, 6) is -1.95. The first-order valence-electron chi connectivity index (χ1n) is 8.24. The molecule has 0 bridgehead atoms. The van der Waals surface area contributed by atoms with E-state index in [2.05, 4.69) is 17.3 Å². The van der Waals surface area contributed by atoms with Gasteiger partial charge in [0.05, 0.1) is 0 Å². The molecule has 0 heterocycles. The van der Waals surface area contributed by atoms with Gasteiger partial charge in [0.25, 0.3) is 0 Å². The van der Waals surface area contributed by atoms with Gasteiger partial charge in [-0.3, -0.25) is 4.79 Å². The van der Waals surface area contributed by atoms with Crippen molar-refractivity contribution < 1.29 is 18.0 Å². The minimum Gasteiger partial charge on any atom is -0.318 e. The van der Waals surface area contributed by atoms with E-state index in [-0.39, 0.29) is 5.69 Å². The number of rotatable bonds is 7. The predicted molar refractivity (Wildman–Crippen MR) is 87.7 cm³/mol. The zero-order chi connectivity index (χ0) is 17.6. The Bertz CT molecular complexity index is 542. The van der Waals surface area contributed by atoms with Gasteiger partial charge >= 0.3 is 12.1 Å². The lowest BCUT2D eigenvalue weighted by atomic mass is 10.2. The number of likely N-dealkylation sites (N-methyl/N-ethyl adjacent to an activating group) is 1. The first-order valence-corrected chi connectivity index (χ1v) is 8.24. The molecule has 1 aliphatic carbocycles. The maximum absolute atomic E-state index is 12.3. The molecule has 2 N–H and O–H groups in total. The van der Waals surface area contributed by atoms with E-state index in [1.165, 1.54) is 31.7 Å². The van der Waals surface area contributed by atoms with Crippen molar-refractivity contribution in [1.82, 2.24) is 10.2 Å². The zero-order valence-electron chi connectivity index (χ0n) is 13.8. The van der Waals surface area contributed by atoms with E-state index in [1.54, 1.807) is 12.1 Å². The summed E-state index contributed by atoms with van der Waals surface area (Å²) in [6, 6.07) is 7.12. The number of anilines is 1. The van der Waals surface area contributed by atoms with Crippen molar-refractivity contribution in [3.63, 3.8) is 0 Å². The van der Waals surface area contributed by atoms with Gasteiger partial charge in [-0.2, -0.15) is 13.2 Å². The summed E-state index contributed by atoms with van der Waals surface area (Å²) in [7, 11) is 2.13. The van der Waals surface area contributed by atoms with Crippen molar-refractivity contribution in [3.8, 4) is 0 Å². The molecule has 4 nitrogen and oxygen atoms in total. The zero-order valence-corrected chi connectivity index (χ0v) is 13.8. The van der Waals surface area contributed by atoms with Gasteiger partial charge in [-0.1, -0.05) is 25.0 Å². The largest absolute Gasteiger partial charge is 0.471 e. The smallest absolute Gasteiger partial charge is 0.318 e. The molecule has 0 aliphatic heterocycles. The van der Waals surface area contributed by atoms with Crippen LogP contribution in [0.1, 0.15) is 31.2 Å². The molecule has 0 atom stereocenters. The molecule has 0 spiro atoms. The minimum absolute atomic E-state index is 0.152. The second-order valence-electron chi connectivity index (χ2n) is 6.25. The molecule has 7 heteroatoms. The van der Waals surface area contributed by atoms with Crippen molar-refractivity contribution >= 4 is 11.6 Å². The lowest BCUT2D eigenvalue weighted by Crippen LogP contribution is -2.35. The van der Waals surface area contributed by atoms with Crippen LogP contribution in [0, 0.1) is 0 Å². The number of alkyl halides is 3. The average Bonchev–Trinajstić information content (AvgIpc) is 3.05. The predicted octanol–water partition coefficient (Wildman–Crippen LogP) is 3.15. The number of nitrogens with zero attached hydrogens (tertiary/aromatic N) is 1. The molecule has 0 radical (unpaired) electrons. The molecular weight excluding hydrogens is 319 g/mol. The quantitative estimate of drug-likeness (QED) is 0.748. The van der Waals surface area contributed by atoms with Crippen LogP contribution in [-0.2, 0) is 11.3 Å². The minimum atomic E-state index is -4.88. The number of amides is 1. The number of halogens is 3. The molecular formula is C17H24F3N3O. The van der Waals surface area contributed by atoms with Crippen LogP contribution < -0.4 is 10.6 Å². The standard InChI is InChI=1S/C17H24F3N3O/c1-23(15-7-2-3-8-15)10-9-21-12-13-5-4-6-14(11-13)22-16(24)17(18,19)20/h4-6,11,15,21H,2-3,7-10,12H2,1H3,(H,22,24). The maximum Gasteiger partial charge on any atom is 0.471 e. The maximum atomic E-state index is 12.3. The van der Waals surface area contributed by atoms with Gasteiger partial charge < -0.3 is 15.5 Å². The Labute approximate surface area is 140 Å². The summed E-state index contributed by atoms with van der Waals surface area (Å²) in [5.41, 5.74) is 0.984. The number of carbonyl (C=O) groups excluding carboxylic acids is 1. The van der Waals surface area contributed by atoms with Gasteiger partial charge in [0.15, 0.2) is 0 Å². The summed E-state index contributed by atoms with van der Waals surface area (Å²) in [6.07, 6.45) is 0.256. The number of benzene rings is 1. The molecule has 1 saturated carbocycles. The summed E-state index contributed by atoms with van der Waals surface area (Å²) in [4.78, 5) is 13.3. The number of hydrogen-bond acceptors (Lipinski definition) is 3. The molecule has 1 aliphatic rings. The highest BCUT2D eigenvalue weighted by molar-refractivity contribution is 5.94. The van der Waals surface area contributed by atoms with Gasteiger partial charge in [0, 0.05) is 31.4 Å². The molecule has 1 aromatic rings. The SMILES string of the molecule is CN(CCNCc1cccc(NC(=O)C(F)(F)F)c1)C1CCCC1. The second kappa shape index (κ2) is 8.48. The van der Waals surface area contributed by atoms with Gasteiger partial charge in [-0.15, -0.1) is 0 Å². The fraction of sp³-hybridized carbons (Fsp3) is 0.588. The van der Waals surface area contributed by atoms with Crippen LogP contribution in [0.4, 0.5) is 18.9 Å². The topological polar surface area (TPSA) is 44.4 Å². The Kier molecular flexibility index (Phi) is 6.62. The number of hydrogen-bond donors (Lipinski definition) is 2. The Morgan fingerprint density at radius 2 is 2.00 bits per heavy atom. The first-order chi connectivity index (χ1) is 11.4. The summed E-state index contributed by atoms with van der Waals surface area (Å²) in [5, 5.41) is 5.16. The van der Waals surface area contributed by atoms with Crippen LogP contribution in [0.25, 0.3) is 0 Å². The lowest BCUT2D eigenvalue weighted by Gasteiger charge is -2.24. The number of nitrogens with one attached hydrogen (secondary N) is 2. The van der Waals surface area contributed by atoms with E-state index in [1.807, 2.05) is 11.4 Å². The van der Waals surface area contributed by atoms with Crippen molar-refractivity contribution in [2.24, 2.45) is 0 Å². The number of carbonyl (C=O) groups is 1. The molecule has 0 aromatic heterocycles. The van der Waals surface area contributed by atoms with E-state index in [0.29, 0.717) is 12.6 Å². The van der Waals surface area contributed by atoms with E-state index in [4.69, 9.17) is 0 Å². The van der Waals surface area contributed by atoms with E-state index in [9.17, 15) is 18.0 Å². The molecule has 1 fully saturated rings. The van der Waals surface area contributed by atoms with Crippen molar-refractivity contribution in [2.45, 2.75) is 44.4 Å². The first kappa shape index (κ1) is 18.7. The van der Waals surface area contributed by atoms with Crippen molar-refractivity contribution in [2.75, 3.05) is 25.5 Å². The highest BCUT2D eigenvalue weighted by Crippen LogP contribution is 2.22. The van der Waals surface area contributed by atoms with Gasteiger partial charge in [-0.25, -0.2) is 0 Å². The molecule has 134 valence electrons. The van der Waals surface area contributed by atoms with Crippen LogP contribution >= 0.6 is 0 Å². The normalized spacial score (nSPS) is 15.9. The van der Waals surface area contributed by atoms with Crippen LogP contribution in [0.15, 0.2) is 24.3 Å². The van der Waals surface area contributed by atoms with Crippen LogP contribution in [0.3, 0.4) is 0 Å². The Morgan fingerprint density at radius 1 is 1.29 bits per heavy atom. The van der Waals surface area contributed by atoms with Gasteiger partial charge in [0.2, 0.25) is 0 Å². The second-order valence-corrected chi connectivity index (χ2v) is 6.25. The lowest BCUT2D eigenvalue weighted by molar-refractivity contribution is -0.167. The fourth-order valence-corrected chi connectivity index (χ4v) is 2.98.